The van der Waals surface area contributed by atoms with Gasteiger partial charge in [0.25, 0.3) is 0 Å². The van der Waals surface area contributed by atoms with E-state index >= 15 is 0 Å². The minimum Gasteiger partial charge on any atom is -0.497 e. The average Bonchev–Trinajstić information content (AvgIpc) is 2.35. The molecular formula is C14H16O3. The number of carbonyl (C=O) groups excluding carboxylic acids is 1. The zero-order chi connectivity index (χ0) is 12.3. The number of esters is 1. The van der Waals surface area contributed by atoms with E-state index in [-0.39, 0.29) is 5.97 Å². The molecule has 0 saturated carbocycles. The topological polar surface area (TPSA) is 35.5 Å². The summed E-state index contributed by atoms with van der Waals surface area (Å²) in [4.78, 5) is 10.9. The van der Waals surface area contributed by atoms with Crippen LogP contribution in [0.25, 0.3) is 6.08 Å². The molecule has 0 aliphatic carbocycles. The van der Waals surface area contributed by atoms with Crippen molar-refractivity contribution in [1.29, 1.82) is 0 Å². The summed E-state index contributed by atoms with van der Waals surface area (Å²) in [6.07, 6.45) is 6.44. The number of hydrogen-bond donors (Lipinski definition) is 0. The van der Waals surface area contributed by atoms with Gasteiger partial charge in [0.05, 0.1) is 18.9 Å². The quantitative estimate of drug-likeness (QED) is 0.327. The molecule has 0 bridgehead atoms. The number of hydrogen-bond acceptors (Lipinski definition) is 3. The summed E-state index contributed by atoms with van der Waals surface area (Å²) in [7, 11) is 0. The van der Waals surface area contributed by atoms with Crippen molar-refractivity contribution in [2.75, 3.05) is 13.2 Å². The van der Waals surface area contributed by atoms with E-state index in [0.29, 0.717) is 13.2 Å². The molecule has 0 spiro atoms. The third-order valence-electron chi connectivity index (χ3n) is 1.89. The normalized spacial score (nSPS) is 10.9. The smallest absolute Gasteiger partial charge is 0.333 e. The fourth-order valence-electron chi connectivity index (χ4n) is 1.15. The van der Waals surface area contributed by atoms with Gasteiger partial charge in [-0.15, -0.1) is 0 Å². The summed E-state index contributed by atoms with van der Waals surface area (Å²) in [5, 5.41) is 0. The van der Waals surface area contributed by atoms with Crippen LogP contribution in [-0.4, -0.2) is 19.2 Å². The molecule has 1 rings (SSSR count). The monoisotopic (exact) mass is 232 g/mol. The van der Waals surface area contributed by atoms with E-state index in [1.165, 1.54) is 12.3 Å². The van der Waals surface area contributed by atoms with Crippen LogP contribution in [0.5, 0.6) is 0 Å². The van der Waals surface area contributed by atoms with Crippen LogP contribution in [0.4, 0.5) is 0 Å². The Morgan fingerprint density at radius 2 is 2.06 bits per heavy atom. The molecule has 0 radical (unpaired) electrons. The molecule has 0 unspecified atom stereocenters. The molecule has 90 valence electrons. The van der Waals surface area contributed by atoms with Gasteiger partial charge in [-0.2, -0.15) is 0 Å². The standard InChI is InChI=1S/C14H16O3/c1-2-17-14(15)10-12-16-11-6-9-13-7-4-3-5-8-13/h3-10,12H,2,11H2,1H3/b9-6+,12-10+. The zero-order valence-electron chi connectivity index (χ0n) is 9.84. The molecule has 0 atom stereocenters. The predicted molar refractivity (Wildman–Crippen MR) is 67.2 cm³/mol. The Bertz CT molecular complexity index is 380. The van der Waals surface area contributed by atoms with Gasteiger partial charge in [-0.3, -0.25) is 0 Å². The van der Waals surface area contributed by atoms with E-state index in [1.54, 1.807) is 6.92 Å². The lowest BCUT2D eigenvalue weighted by Gasteiger charge is -1.96. The van der Waals surface area contributed by atoms with Crippen LogP contribution in [0.3, 0.4) is 0 Å². The molecule has 17 heavy (non-hydrogen) atoms. The van der Waals surface area contributed by atoms with Crippen LogP contribution in [0.15, 0.2) is 48.7 Å². The van der Waals surface area contributed by atoms with Crippen LogP contribution in [0.1, 0.15) is 12.5 Å². The highest BCUT2D eigenvalue weighted by atomic mass is 16.5. The van der Waals surface area contributed by atoms with Gasteiger partial charge in [0.15, 0.2) is 0 Å². The van der Waals surface area contributed by atoms with Crippen LogP contribution in [0.2, 0.25) is 0 Å². The van der Waals surface area contributed by atoms with Crippen molar-refractivity contribution in [3.8, 4) is 0 Å². The SMILES string of the molecule is CCOC(=O)/C=C/OC/C=C/c1ccccc1. The van der Waals surface area contributed by atoms with Crippen molar-refractivity contribution in [3.63, 3.8) is 0 Å². The van der Waals surface area contributed by atoms with Gasteiger partial charge in [0.1, 0.15) is 6.61 Å². The van der Waals surface area contributed by atoms with Crippen LogP contribution >= 0.6 is 0 Å². The summed E-state index contributed by atoms with van der Waals surface area (Å²) in [6.45, 7) is 2.55. The van der Waals surface area contributed by atoms with Gasteiger partial charge < -0.3 is 9.47 Å². The van der Waals surface area contributed by atoms with Crippen LogP contribution in [-0.2, 0) is 14.3 Å². The fraction of sp³-hybridized carbons (Fsp3) is 0.214. The highest BCUT2D eigenvalue weighted by molar-refractivity contribution is 5.81. The maximum atomic E-state index is 10.9. The Balaban J connectivity index is 2.20. The second-order valence-electron chi connectivity index (χ2n) is 3.20. The fourth-order valence-corrected chi connectivity index (χ4v) is 1.15. The Labute approximate surface area is 101 Å². The first-order valence-corrected chi connectivity index (χ1v) is 5.49. The van der Waals surface area contributed by atoms with E-state index in [9.17, 15) is 4.79 Å². The number of benzene rings is 1. The summed E-state index contributed by atoms with van der Waals surface area (Å²) in [5.41, 5.74) is 1.12. The zero-order valence-corrected chi connectivity index (χ0v) is 9.84. The number of rotatable bonds is 6. The summed E-state index contributed by atoms with van der Waals surface area (Å²) < 4.78 is 9.80. The first-order chi connectivity index (χ1) is 8.33. The van der Waals surface area contributed by atoms with E-state index in [1.807, 2.05) is 42.5 Å². The number of ether oxygens (including phenoxy) is 2. The van der Waals surface area contributed by atoms with Crippen LogP contribution < -0.4 is 0 Å². The Morgan fingerprint density at radius 1 is 1.29 bits per heavy atom. The molecule has 0 aliphatic rings. The minimum atomic E-state index is -0.389. The average molecular weight is 232 g/mol. The van der Waals surface area contributed by atoms with E-state index in [4.69, 9.17) is 9.47 Å². The molecule has 0 aromatic heterocycles. The maximum absolute atomic E-state index is 10.9. The number of carbonyl (C=O) groups is 1. The lowest BCUT2D eigenvalue weighted by atomic mass is 10.2. The molecule has 0 heterocycles. The summed E-state index contributed by atoms with van der Waals surface area (Å²) in [6, 6.07) is 9.92. The second kappa shape index (κ2) is 8.16. The molecule has 1 aromatic rings. The van der Waals surface area contributed by atoms with Gasteiger partial charge in [-0.25, -0.2) is 4.79 Å². The van der Waals surface area contributed by atoms with Crippen molar-refractivity contribution in [2.24, 2.45) is 0 Å². The Hall–Kier alpha value is -2.03. The Morgan fingerprint density at radius 3 is 2.76 bits per heavy atom. The van der Waals surface area contributed by atoms with Crippen molar-refractivity contribution in [3.05, 3.63) is 54.3 Å². The lowest BCUT2D eigenvalue weighted by Crippen LogP contribution is -1.99. The third kappa shape index (κ3) is 6.20. The van der Waals surface area contributed by atoms with E-state index in [0.717, 1.165) is 5.56 Å². The molecule has 0 amide bonds. The summed E-state index contributed by atoms with van der Waals surface area (Å²) in [5.74, 6) is -0.389. The highest BCUT2D eigenvalue weighted by Gasteiger charge is 1.91. The molecule has 0 N–H and O–H groups in total. The van der Waals surface area contributed by atoms with Gasteiger partial charge >= 0.3 is 5.97 Å². The van der Waals surface area contributed by atoms with Crippen molar-refractivity contribution in [1.82, 2.24) is 0 Å². The summed E-state index contributed by atoms with van der Waals surface area (Å²) >= 11 is 0. The first kappa shape index (κ1) is 13.0. The lowest BCUT2D eigenvalue weighted by molar-refractivity contribution is -0.137. The van der Waals surface area contributed by atoms with Gasteiger partial charge in [-0.1, -0.05) is 36.4 Å². The molecule has 0 fully saturated rings. The highest BCUT2D eigenvalue weighted by Crippen LogP contribution is 2.00. The maximum Gasteiger partial charge on any atom is 0.333 e. The van der Waals surface area contributed by atoms with Crippen molar-refractivity contribution >= 4 is 12.0 Å². The minimum absolute atomic E-state index is 0.372. The molecular weight excluding hydrogens is 216 g/mol. The third-order valence-corrected chi connectivity index (χ3v) is 1.89. The molecule has 3 heteroatoms. The van der Waals surface area contributed by atoms with E-state index < -0.39 is 0 Å². The largest absolute Gasteiger partial charge is 0.497 e. The van der Waals surface area contributed by atoms with Crippen LogP contribution in [0, 0.1) is 0 Å². The molecule has 0 aliphatic heterocycles. The van der Waals surface area contributed by atoms with E-state index in [2.05, 4.69) is 0 Å². The molecule has 0 saturated heterocycles. The first-order valence-electron chi connectivity index (χ1n) is 5.49. The second-order valence-corrected chi connectivity index (χ2v) is 3.20. The van der Waals surface area contributed by atoms with Gasteiger partial charge in [-0.05, 0) is 18.6 Å². The predicted octanol–water partition coefficient (Wildman–Crippen LogP) is 2.79. The van der Waals surface area contributed by atoms with Gasteiger partial charge in [0, 0.05) is 0 Å². The molecule has 1 aromatic carbocycles. The Kier molecular flexibility index (Phi) is 6.26. The molecule has 3 nitrogen and oxygen atoms in total. The van der Waals surface area contributed by atoms with Crippen molar-refractivity contribution < 1.29 is 14.3 Å². The van der Waals surface area contributed by atoms with Gasteiger partial charge in [0.2, 0.25) is 0 Å². The van der Waals surface area contributed by atoms with Crippen molar-refractivity contribution in [2.45, 2.75) is 6.92 Å².